The van der Waals surface area contributed by atoms with E-state index >= 15 is 0 Å². The first-order chi connectivity index (χ1) is 44.0. The molecule has 0 saturated carbocycles. The lowest BCUT2D eigenvalue weighted by Gasteiger charge is -2.31. The zero-order valence-electron chi connectivity index (χ0n) is 51.5. The predicted octanol–water partition coefficient (Wildman–Crippen LogP) is 24.2. The number of nitrogens with zero attached hydrogens (tertiary/aromatic N) is 4. The van der Waals surface area contributed by atoms with Gasteiger partial charge in [-0.15, -0.1) is 0 Å². The highest BCUT2D eigenvalue weighted by molar-refractivity contribution is 6.32. The summed E-state index contributed by atoms with van der Waals surface area (Å²) in [6, 6.07) is 109. The number of aromatic nitrogens is 2. The molecule has 4 aromatic heterocycles. The predicted molar refractivity (Wildman–Crippen MR) is 384 cm³/mol. The van der Waals surface area contributed by atoms with Crippen LogP contribution < -0.4 is 9.80 Å². The van der Waals surface area contributed by atoms with Crippen molar-refractivity contribution in [3.8, 4) is 44.5 Å². The van der Waals surface area contributed by atoms with Gasteiger partial charge in [-0.05, 0) is 117 Å². The molecule has 0 atom stereocenters. The van der Waals surface area contributed by atoms with Gasteiger partial charge in [-0.2, -0.15) is 0 Å². The number of fused-ring (bicyclic) bond motifs is 12. The van der Waals surface area contributed by atoms with E-state index in [-0.39, 0.29) is 10.8 Å². The zero-order chi connectivity index (χ0) is 60.6. The lowest BCUT2D eigenvalue weighted by Crippen LogP contribution is -2.13. The normalized spacial score (nSPS) is 12.3. The van der Waals surface area contributed by atoms with E-state index in [1.165, 1.54) is 87.3 Å². The van der Waals surface area contributed by atoms with Crippen LogP contribution in [0.2, 0.25) is 0 Å². The minimum Gasteiger partial charge on any atom is -0.309 e. The molecule has 430 valence electrons. The minimum atomic E-state index is -0.0903. The van der Waals surface area contributed by atoms with Crippen LogP contribution in [0.25, 0.3) is 121 Å². The van der Waals surface area contributed by atoms with Gasteiger partial charge in [0.05, 0.1) is 55.8 Å². The Balaban J connectivity index is 0.987. The Morgan fingerprint density at radius 3 is 0.878 bits per heavy atom. The SMILES string of the molecule is CC(C)(C)c1ccc2c(c1)c1c(N(c3ccccc3)c3c(-c4ccccc4)cccc3-c3ccccc3)ccc3c4cc5c(cc4n2c31)c1ccc(N(c2ccccc2)c2c(-c3ccccc3)cccc2-c2ccccc2)c2c3cc(C(C)(C)C)ccc3n5c12. The van der Waals surface area contributed by atoms with E-state index in [9.17, 15) is 0 Å². The average molecular weight is 1160 g/mol. The average Bonchev–Trinajstić information content (AvgIpc) is 1.51. The summed E-state index contributed by atoms with van der Waals surface area (Å²) in [5.74, 6) is 0. The Kier molecular flexibility index (Phi) is 12.0. The number of benzene rings is 13. The van der Waals surface area contributed by atoms with E-state index in [4.69, 9.17) is 0 Å². The van der Waals surface area contributed by atoms with Crippen LogP contribution >= 0.6 is 0 Å². The van der Waals surface area contributed by atoms with Crippen LogP contribution in [0.15, 0.2) is 291 Å². The molecule has 4 nitrogen and oxygen atoms in total. The molecule has 13 aromatic carbocycles. The highest BCUT2D eigenvalue weighted by atomic mass is 15.2. The summed E-state index contributed by atoms with van der Waals surface area (Å²) < 4.78 is 5.21. The summed E-state index contributed by atoms with van der Waals surface area (Å²) >= 11 is 0. The van der Waals surface area contributed by atoms with Crippen molar-refractivity contribution >= 4 is 110 Å². The largest absolute Gasteiger partial charge is 0.309 e. The second-order valence-corrected chi connectivity index (χ2v) is 26.4. The molecule has 0 amide bonds. The Bertz CT molecular complexity index is 5110. The molecule has 0 spiro atoms. The van der Waals surface area contributed by atoms with E-state index in [0.717, 1.165) is 78.6 Å². The van der Waals surface area contributed by atoms with E-state index in [1.807, 2.05) is 0 Å². The minimum absolute atomic E-state index is 0.0903. The first-order valence-corrected chi connectivity index (χ1v) is 31.6. The van der Waals surface area contributed by atoms with Crippen molar-refractivity contribution in [2.45, 2.75) is 52.4 Å². The molecule has 0 radical (unpaired) electrons. The van der Waals surface area contributed by atoms with E-state index < -0.39 is 0 Å². The molecule has 90 heavy (non-hydrogen) atoms. The molecule has 0 N–H and O–H groups in total. The van der Waals surface area contributed by atoms with Gasteiger partial charge in [-0.25, -0.2) is 0 Å². The van der Waals surface area contributed by atoms with Crippen LogP contribution in [-0.4, -0.2) is 8.80 Å². The summed E-state index contributed by atoms with van der Waals surface area (Å²) in [5.41, 5.74) is 25.7. The van der Waals surface area contributed by atoms with Gasteiger partial charge in [-0.3, -0.25) is 0 Å². The van der Waals surface area contributed by atoms with E-state index in [1.54, 1.807) is 0 Å². The van der Waals surface area contributed by atoms with E-state index in [0.29, 0.717) is 0 Å². The molecule has 0 saturated heterocycles. The number of para-hydroxylation sites is 4. The quantitative estimate of drug-likeness (QED) is 0.136. The molecular formula is C86H66N4. The molecule has 4 heteroatoms. The van der Waals surface area contributed by atoms with Gasteiger partial charge in [0.2, 0.25) is 0 Å². The van der Waals surface area contributed by atoms with Gasteiger partial charge in [0.25, 0.3) is 0 Å². The summed E-state index contributed by atoms with van der Waals surface area (Å²) in [6.45, 7) is 14.0. The Morgan fingerprint density at radius 2 is 0.567 bits per heavy atom. The van der Waals surface area contributed by atoms with Gasteiger partial charge in [0, 0.05) is 76.7 Å². The Morgan fingerprint density at radius 1 is 0.256 bits per heavy atom. The fraction of sp³-hybridized carbons (Fsp3) is 0.0930. The summed E-state index contributed by atoms with van der Waals surface area (Å²) in [7, 11) is 0. The molecule has 17 rings (SSSR count). The van der Waals surface area contributed by atoms with Gasteiger partial charge < -0.3 is 18.6 Å². The van der Waals surface area contributed by atoms with Gasteiger partial charge in [-0.1, -0.05) is 260 Å². The molecule has 0 fully saturated rings. The van der Waals surface area contributed by atoms with Crippen molar-refractivity contribution in [2.24, 2.45) is 0 Å². The second-order valence-electron chi connectivity index (χ2n) is 26.4. The van der Waals surface area contributed by atoms with Crippen LogP contribution in [-0.2, 0) is 10.8 Å². The van der Waals surface area contributed by atoms with Crippen LogP contribution in [0.4, 0.5) is 34.1 Å². The molecule has 0 aliphatic rings. The van der Waals surface area contributed by atoms with Crippen molar-refractivity contribution in [3.63, 3.8) is 0 Å². The summed E-state index contributed by atoms with van der Waals surface area (Å²) in [5, 5.41) is 9.86. The third kappa shape index (κ3) is 8.21. The number of hydrogen-bond acceptors (Lipinski definition) is 2. The molecule has 0 aliphatic carbocycles. The van der Waals surface area contributed by atoms with Gasteiger partial charge >= 0.3 is 0 Å². The maximum atomic E-state index is 2.60. The summed E-state index contributed by atoms with van der Waals surface area (Å²) in [4.78, 5) is 5.12. The Hall–Kier alpha value is -10.9. The third-order valence-electron chi connectivity index (χ3n) is 19.0. The molecule has 0 bridgehead atoms. The van der Waals surface area contributed by atoms with Gasteiger partial charge in [0.15, 0.2) is 0 Å². The van der Waals surface area contributed by atoms with Crippen molar-refractivity contribution in [2.75, 3.05) is 9.80 Å². The first kappa shape index (κ1) is 53.3. The van der Waals surface area contributed by atoms with Gasteiger partial charge in [0.1, 0.15) is 0 Å². The number of rotatable bonds is 10. The number of hydrogen-bond donors (Lipinski definition) is 0. The smallest absolute Gasteiger partial charge is 0.0641 e. The topological polar surface area (TPSA) is 15.3 Å². The van der Waals surface area contributed by atoms with Crippen LogP contribution in [0, 0.1) is 0 Å². The molecule has 17 aromatic rings. The zero-order valence-corrected chi connectivity index (χ0v) is 51.5. The third-order valence-corrected chi connectivity index (χ3v) is 19.0. The van der Waals surface area contributed by atoms with E-state index in [2.05, 4.69) is 351 Å². The molecular weight excluding hydrogens is 1090 g/mol. The second kappa shape index (κ2) is 20.3. The maximum Gasteiger partial charge on any atom is 0.0641 e. The number of anilines is 6. The lowest BCUT2D eigenvalue weighted by molar-refractivity contribution is 0.591. The van der Waals surface area contributed by atoms with Crippen LogP contribution in [0.3, 0.4) is 0 Å². The fourth-order valence-electron chi connectivity index (χ4n) is 14.8. The van der Waals surface area contributed by atoms with Crippen LogP contribution in [0.1, 0.15) is 52.7 Å². The standard InChI is InChI=1S/C86H66N4/c1-85(2,3)59-43-47-73-71(51-59)79-75(87(61-35-21-11-22-36-61)81-63(55-27-13-7-14-28-55)39-25-40-64(81)56-29-15-8-16-30-56)49-45-67-69-54-78-70(53-77(69)89(73)83(67)79)68-46-50-76(80-72-52-60(86(4,5)6)44-48-74(72)90(78)84(68)80)88(62-37-23-12-24-38-62)82-65(57-31-17-9-18-32-57)41-26-42-66(82)58-33-19-10-20-34-58/h7-54H,1-6H3. The monoisotopic (exact) mass is 1150 g/mol. The van der Waals surface area contributed by atoms with Crippen molar-refractivity contribution < 1.29 is 0 Å². The maximum absolute atomic E-state index is 2.60. The lowest BCUT2D eigenvalue weighted by atomic mass is 9.86. The van der Waals surface area contributed by atoms with Crippen LogP contribution in [0.5, 0.6) is 0 Å². The Labute approximate surface area is 525 Å². The summed E-state index contributed by atoms with van der Waals surface area (Å²) in [6.07, 6.45) is 0. The molecule has 4 heterocycles. The first-order valence-electron chi connectivity index (χ1n) is 31.6. The molecule has 0 unspecified atom stereocenters. The fourth-order valence-corrected chi connectivity index (χ4v) is 14.8. The van der Waals surface area contributed by atoms with Crippen molar-refractivity contribution in [3.05, 3.63) is 302 Å². The van der Waals surface area contributed by atoms with Crippen molar-refractivity contribution in [1.82, 2.24) is 8.80 Å². The molecule has 0 aliphatic heterocycles. The highest BCUT2D eigenvalue weighted by Gasteiger charge is 2.32. The van der Waals surface area contributed by atoms with Crippen molar-refractivity contribution in [1.29, 1.82) is 0 Å². The highest BCUT2D eigenvalue weighted by Crippen LogP contribution is 2.56.